The van der Waals surface area contributed by atoms with Gasteiger partial charge in [0, 0.05) is 24.1 Å². The van der Waals surface area contributed by atoms with E-state index in [1.165, 1.54) is 12.1 Å². The SMILES string of the molecule is CN1[C@H]2CC[C@@H]1[C@](C(=O)O)(C(=O)c1ccccc1)C(O)(O)C2. The highest BCUT2D eigenvalue weighted by Crippen LogP contribution is 2.52. The van der Waals surface area contributed by atoms with Crippen molar-refractivity contribution < 1.29 is 24.9 Å². The third-order valence-corrected chi connectivity index (χ3v) is 5.22. The standard InChI is InChI=1S/C16H19NO5/c1-17-11-7-8-12(17)16(14(19)20,15(21,22)9-11)13(18)10-5-3-2-4-6-10/h2-6,11-12,21-22H,7-9H2,1H3,(H,19,20)/t11-,12+,16+/m0/s1. The van der Waals surface area contributed by atoms with E-state index in [4.69, 9.17) is 0 Å². The molecule has 3 atom stereocenters. The molecule has 1 aromatic rings. The van der Waals surface area contributed by atoms with Crippen LogP contribution in [0.5, 0.6) is 0 Å². The summed E-state index contributed by atoms with van der Waals surface area (Å²) in [7, 11) is 1.74. The summed E-state index contributed by atoms with van der Waals surface area (Å²) in [5.74, 6) is -4.80. The number of fused-ring (bicyclic) bond motifs is 2. The maximum atomic E-state index is 13.0. The van der Waals surface area contributed by atoms with Crippen LogP contribution >= 0.6 is 0 Å². The Bertz CT molecular complexity index is 614. The fourth-order valence-corrected chi connectivity index (χ4v) is 4.10. The maximum absolute atomic E-state index is 13.0. The summed E-state index contributed by atoms with van der Waals surface area (Å²) >= 11 is 0. The molecule has 2 aliphatic rings. The number of Topliss-reactive ketones (excluding diaryl/α,β-unsaturated/α-hetero) is 1. The molecule has 2 bridgehead atoms. The van der Waals surface area contributed by atoms with Crippen molar-refractivity contribution in [1.82, 2.24) is 4.90 Å². The highest BCUT2D eigenvalue weighted by atomic mass is 16.5. The van der Waals surface area contributed by atoms with Crippen molar-refractivity contribution >= 4 is 11.8 Å². The molecule has 6 nitrogen and oxygen atoms in total. The van der Waals surface area contributed by atoms with Gasteiger partial charge >= 0.3 is 5.97 Å². The van der Waals surface area contributed by atoms with Crippen LogP contribution in [0.4, 0.5) is 0 Å². The Hall–Kier alpha value is -1.76. The summed E-state index contributed by atoms with van der Waals surface area (Å²) in [5.41, 5.74) is -2.09. The number of carboxylic acid groups (broad SMARTS) is 1. The largest absolute Gasteiger partial charge is 0.480 e. The Balaban J connectivity index is 2.19. The molecule has 3 N–H and O–H groups in total. The average molecular weight is 305 g/mol. The van der Waals surface area contributed by atoms with Gasteiger partial charge in [-0.3, -0.25) is 14.5 Å². The Morgan fingerprint density at radius 1 is 1.18 bits per heavy atom. The van der Waals surface area contributed by atoms with Gasteiger partial charge in [-0.15, -0.1) is 0 Å². The molecular weight excluding hydrogens is 286 g/mol. The van der Waals surface area contributed by atoms with Crippen LogP contribution in [-0.4, -0.2) is 56.9 Å². The van der Waals surface area contributed by atoms with Crippen LogP contribution in [-0.2, 0) is 4.79 Å². The van der Waals surface area contributed by atoms with Crippen molar-refractivity contribution in [3.63, 3.8) is 0 Å². The molecule has 0 saturated carbocycles. The van der Waals surface area contributed by atoms with Crippen LogP contribution in [0.3, 0.4) is 0 Å². The Morgan fingerprint density at radius 3 is 2.41 bits per heavy atom. The Morgan fingerprint density at radius 2 is 1.82 bits per heavy atom. The normalized spacial score (nSPS) is 33.6. The molecule has 0 aromatic heterocycles. The van der Waals surface area contributed by atoms with Gasteiger partial charge in [0.05, 0.1) is 0 Å². The average Bonchev–Trinajstić information content (AvgIpc) is 2.74. The number of carbonyl (C=O) groups is 2. The van der Waals surface area contributed by atoms with Gasteiger partial charge in [0.25, 0.3) is 0 Å². The second kappa shape index (κ2) is 4.87. The van der Waals surface area contributed by atoms with E-state index in [-0.39, 0.29) is 18.0 Å². The van der Waals surface area contributed by atoms with Gasteiger partial charge in [-0.05, 0) is 19.9 Å². The minimum absolute atomic E-state index is 0.115. The van der Waals surface area contributed by atoms with Gasteiger partial charge in [-0.1, -0.05) is 30.3 Å². The van der Waals surface area contributed by atoms with Crippen molar-refractivity contribution in [1.29, 1.82) is 0 Å². The lowest BCUT2D eigenvalue weighted by Gasteiger charge is -2.50. The predicted molar refractivity (Wildman–Crippen MR) is 77.2 cm³/mol. The summed E-state index contributed by atoms with van der Waals surface area (Å²) in [5, 5.41) is 30.9. The lowest BCUT2D eigenvalue weighted by molar-refractivity contribution is -0.264. The number of hydrogen-bond donors (Lipinski definition) is 3. The highest BCUT2D eigenvalue weighted by molar-refractivity contribution is 6.14. The fraction of sp³-hybridized carbons (Fsp3) is 0.500. The third kappa shape index (κ3) is 1.78. The number of aliphatic carboxylic acids is 1. The highest BCUT2D eigenvalue weighted by Gasteiger charge is 2.71. The number of benzene rings is 1. The monoisotopic (exact) mass is 305 g/mol. The number of ketones is 1. The third-order valence-electron chi connectivity index (χ3n) is 5.22. The first kappa shape index (κ1) is 15.1. The number of rotatable bonds is 3. The minimum atomic E-state index is -2.57. The number of nitrogens with zero attached hydrogens (tertiary/aromatic N) is 1. The van der Waals surface area contributed by atoms with Crippen LogP contribution in [0.25, 0.3) is 0 Å². The van der Waals surface area contributed by atoms with E-state index >= 15 is 0 Å². The number of hydrogen-bond acceptors (Lipinski definition) is 5. The van der Waals surface area contributed by atoms with Crippen LogP contribution in [0.2, 0.25) is 0 Å². The van der Waals surface area contributed by atoms with E-state index in [0.29, 0.717) is 12.8 Å². The van der Waals surface area contributed by atoms with Gasteiger partial charge in [0.1, 0.15) is 0 Å². The molecule has 2 heterocycles. The molecule has 1 aromatic carbocycles. The molecule has 2 aliphatic heterocycles. The summed E-state index contributed by atoms with van der Waals surface area (Å²) in [6, 6.07) is 7.14. The predicted octanol–water partition coefficient (Wildman–Crippen LogP) is 0.488. The summed E-state index contributed by atoms with van der Waals surface area (Å²) in [6.07, 6.45) is 0.959. The number of carboxylic acids is 1. The second-order valence-electron chi connectivity index (χ2n) is 6.24. The van der Waals surface area contributed by atoms with Gasteiger partial charge in [0.2, 0.25) is 0 Å². The molecule has 2 fully saturated rings. The minimum Gasteiger partial charge on any atom is -0.480 e. The summed E-state index contributed by atoms with van der Waals surface area (Å²) in [6.45, 7) is 0. The van der Waals surface area contributed by atoms with Crippen molar-refractivity contribution in [3.05, 3.63) is 35.9 Å². The number of carbonyl (C=O) groups excluding carboxylic acids is 1. The molecule has 118 valence electrons. The van der Waals surface area contributed by atoms with Crippen LogP contribution < -0.4 is 0 Å². The molecule has 0 radical (unpaired) electrons. The van der Waals surface area contributed by atoms with Gasteiger partial charge < -0.3 is 15.3 Å². The van der Waals surface area contributed by atoms with Crippen LogP contribution in [0.1, 0.15) is 29.6 Å². The molecule has 0 unspecified atom stereocenters. The molecule has 6 heteroatoms. The topological polar surface area (TPSA) is 98.1 Å². The van der Waals surface area contributed by atoms with E-state index < -0.39 is 29.0 Å². The molecule has 22 heavy (non-hydrogen) atoms. The zero-order valence-electron chi connectivity index (χ0n) is 12.3. The van der Waals surface area contributed by atoms with E-state index in [9.17, 15) is 24.9 Å². The molecule has 3 rings (SSSR count). The lowest BCUT2D eigenvalue weighted by atomic mass is 9.64. The van der Waals surface area contributed by atoms with Crippen molar-refractivity contribution in [2.75, 3.05) is 7.05 Å². The molecule has 0 amide bonds. The summed E-state index contributed by atoms with van der Waals surface area (Å²) in [4.78, 5) is 26.9. The quantitative estimate of drug-likeness (QED) is 0.427. The van der Waals surface area contributed by atoms with Gasteiger partial charge in [-0.2, -0.15) is 0 Å². The first-order valence-corrected chi connectivity index (χ1v) is 7.32. The Kier molecular flexibility index (Phi) is 3.36. The van der Waals surface area contributed by atoms with E-state index in [0.717, 1.165) is 0 Å². The molecule has 0 spiro atoms. The maximum Gasteiger partial charge on any atom is 0.324 e. The zero-order valence-corrected chi connectivity index (χ0v) is 12.3. The smallest absolute Gasteiger partial charge is 0.324 e. The van der Waals surface area contributed by atoms with Gasteiger partial charge in [0.15, 0.2) is 17.0 Å². The second-order valence-corrected chi connectivity index (χ2v) is 6.24. The molecule has 2 saturated heterocycles. The lowest BCUT2D eigenvalue weighted by Crippen LogP contribution is -2.70. The first-order valence-electron chi connectivity index (χ1n) is 7.32. The van der Waals surface area contributed by atoms with Crippen molar-refractivity contribution in [3.8, 4) is 0 Å². The zero-order chi connectivity index (χ0) is 16.1. The Labute approximate surface area is 128 Å². The molecular formula is C16H19NO5. The van der Waals surface area contributed by atoms with E-state index in [1.807, 2.05) is 0 Å². The van der Waals surface area contributed by atoms with Crippen molar-refractivity contribution in [2.45, 2.75) is 37.1 Å². The number of piperidine rings is 1. The number of aliphatic hydroxyl groups is 2. The van der Waals surface area contributed by atoms with Gasteiger partial charge in [-0.25, -0.2) is 0 Å². The van der Waals surface area contributed by atoms with E-state index in [1.54, 1.807) is 30.1 Å². The first-order chi connectivity index (χ1) is 10.3. The molecule has 0 aliphatic carbocycles. The van der Waals surface area contributed by atoms with Crippen molar-refractivity contribution in [2.24, 2.45) is 5.41 Å². The fourth-order valence-electron chi connectivity index (χ4n) is 4.10. The van der Waals surface area contributed by atoms with Crippen LogP contribution in [0, 0.1) is 5.41 Å². The van der Waals surface area contributed by atoms with Crippen LogP contribution in [0.15, 0.2) is 30.3 Å². The van der Waals surface area contributed by atoms with E-state index in [2.05, 4.69) is 0 Å². The summed E-state index contributed by atoms with van der Waals surface area (Å²) < 4.78 is 0.